The Morgan fingerprint density at radius 2 is 1.63 bits per heavy atom. The average molecular weight is 266 g/mol. The molecule has 0 aromatic rings. The summed E-state index contributed by atoms with van der Waals surface area (Å²) in [6.07, 6.45) is 4.42. The van der Waals surface area contributed by atoms with Crippen LogP contribution >= 0.6 is 0 Å². The lowest BCUT2D eigenvalue weighted by Gasteiger charge is -2.48. The van der Waals surface area contributed by atoms with Crippen molar-refractivity contribution < 1.29 is 9.84 Å². The molecule has 0 spiro atoms. The van der Waals surface area contributed by atoms with Crippen molar-refractivity contribution in [3.63, 3.8) is 0 Å². The molecule has 3 aliphatic carbocycles. The number of methoxy groups -OCH3 is 1. The summed E-state index contributed by atoms with van der Waals surface area (Å²) < 4.78 is 5.96. The molecule has 2 heteroatoms. The van der Waals surface area contributed by atoms with Gasteiger partial charge in [0.05, 0.1) is 11.2 Å². The zero-order valence-corrected chi connectivity index (χ0v) is 13.4. The fourth-order valence-electron chi connectivity index (χ4n) is 6.20. The third-order valence-corrected chi connectivity index (χ3v) is 7.66. The van der Waals surface area contributed by atoms with Gasteiger partial charge in [0.25, 0.3) is 0 Å². The highest BCUT2D eigenvalue weighted by Crippen LogP contribution is 2.77. The van der Waals surface area contributed by atoms with E-state index in [-0.39, 0.29) is 11.0 Å². The fraction of sp³-hybridized carbons (Fsp3) is 1.00. The Hall–Kier alpha value is -0.0800. The minimum atomic E-state index is -0.543. The zero-order valence-electron chi connectivity index (χ0n) is 13.4. The van der Waals surface area contributed by atoms with E-state index in [0.29, 0.717) is 17.3 Å². The van der Waals surface area contributed by atoms with Gasteiger partial charge in [-0.15, -0.1) is 0 Å². The fourth-order valence-corrected chi connectivity index (χ4v) is 6.20. The molecule has 0 radical (unpaired) electrons. The summed E-state index contributed by atoms with van der Waals surface area (Å²) in [7, 11) is 1.86. The zero-order chi connectivity index (χ0) is 14.3. The van der Waals surface area contributed by atoms with Gasteiger partial charge in [-0.1, -0.05) is 20.8 Å². The Morgan fingerprint density at radius 3 is 2.21 bits per heavy atom. The first kappa shape index (κ1) is 13.9. The maximum atomic E-state index is 11.1. The molecule has 6 unspecified atom stereocenters. The summed E-state index contributed by atoms with van der Waals surface area (Å²) in [4.78, 5) is 0. The molecule has 110 valence electrons. The van der Waals surface area contributed by atoms with Crippen LogP contribution in [0.5, 0.6) is 0 Å². The first-order chi connectivity index (χ1) is 8.61. The lowest BCUT2D eigenvalue weighted by atomic mass is 9.62. The molecule has 19 heavy (non-hydrogen) atoms. The summed E-state index contributed by atoms with van der Waals surface area (Å²) >= 11 is 0. The topological polar surface area (TPSA) is 29.5 Å². The van der Waals surface area contributed by atoms with Gasteiger partial charge in [0.1, 0.15) is 0 Å². The summed E-state index contributed by atoms with van der Waals surface area (Å²) in [5.41, 5.74) is -0.198. The Labute approximate surface area is 117 Å². The van der Waals surface area contributed by atoms with Crippen molar-refractivity contribution in [2.75, 3.05) is 7.11 Å². The summed E-state index contributed by atoms with van der Waals surface area (Å²) in [6, 6.07) is 0. The van der Waals surface area contributed by atoms with E-state index in [1.807, 2.05) is 7.11 Å². The van der Waals surface area contributed by atoms with E-state index in [2.05, 4.69) is 34.6 Å². The van der Waals surface area contributed by atoms with Gasteiger partial charge in [-0.05, 0) is 62.7 Å². The maximum Gasteiger partial charge on any atom is 0.0685 e. The summed E-state index contributed by atoms with van der Waals surface area (Å²) in [5.74, 6) is 1.90. The number of hydrogen-bond acceptors (Lipinski definition) is 2. The van der Waals surface area contributed by atoms with Crippen LogP contribution < -0.4 is 0 Å². The maximum absolute atomic E-state index is 11.1. The minimum Gasteiger partial charge on any atom is -0.390 e. The van der Waals surface area contributed by atoms with Gasteiger partial charge in [0.2, 0.25) is 0 Å². The first-order valence-corrected chi connectivity index (χ1v) is 7.89. The van der Waals surface area contributed by atoms with E-state index < -0.39 is 5.60 Å². The van der Waals surface area contributed by atoms with Crippen LogP contribution in [0.25, 0.3) is 0 Å². The SMILES string of the molecule is COC1(C)CCC2C(C2(C)C)C2(C)C1CCC2(C)O. The van der Waals surface area contributed by atoms with Crippen LogP contribution in [0.3, 0.4) is 0 Å². The second-order valence-corrected chi connectivity index (χ2v) is 8.61. The molecule has 3 rings (SSSR count). The smallest absolute Gasteiger partial charge is 0.0685 e. The van der Waals surface area contributed by atoms with Gasteiger partial charge in [-0.3, -0.25) is 0 Å². The van der Waals surface area contributed by atoms with Crippen LogP contribution in [0, 0.1) is 28.6 Å². The number of fused-ring (bicyclic) bond motifs is 3. The Kier molecular flexibility index (Phi) is 2.61. The molecule has 0 bridgehead atoms. The van der Waals surface area contributed by atoms with Gasteiger partial charge >= 0.3 is 0 Å². The molecule has 0 saturated heterocycles. The molecule has 3 saturated carbocycles. The minimum absolute atomic E-state index is 0.00241. The number of aliphatic hydroxyl groups is 1. The highest BCUT2D eigenvalue weighted by atomic mass is 16.5. The molecule has 0 aromatic heterocycles. The molecule has 3 aliphatic rings. The monoisotopic (exact) mass is 266 g/mol. The van der Waals surface area contributed by atoms with Crippen LogP contribution in [-0.4, -0.2) is 23.4 Å². The lowest BCUT2D eigenvalue weighted by molar-refractivity contribution is -0.136. The van der Waals surface area contributed by atoms with Crippen molar-refractivity contribution in [2.45, 2.75) is 71.5 Å². The summed E-state index contributed by atoms with van der Waals surface area (Å²) in [5, 5.41) is 11.1. The normalized spacial score (nSPS) is 59.2. The molecular formula is C17H30O2. The third kappa shape index (κ3) is 1.45. The first-order valence-electron chi connectivity index (χ1n) is 7.89. The molecule has 0 aliphatic heterocycles. The van der Waals surface area contributed by atoms with Crippen LogP contribution in [0.4, 0.5) is 0 Å². The van der Waals surface area contributed by atoms with Crippen LogP contribution in [0.1, 0.15) is 60.3 Å². The van der Waals surface area contributed by atoms with Crippen molar-refractivity contribution in [1.82, 2.24) is 0 Å². The van der Waals surface area contributed by atoms with Crippen molar-refractivity contribution >= 4 is 0 Å². The van der Waals surface area contributed by atoms with Crippen molar-refractivity contribution in [1.29, 1.82) is 0 Å². The van der Waals surface area contributed by atoms with Crippen LogP contribution in [0.2, 0.25) is 0 Å². The van der Waals surface area contributed by atoms with E-state index in [1.165, 1.54) is 6.42 Å². The largest absolute Gasteiger partial charge is 0.390 e. The van der Waals surface area contributed by atoms with E-state index in [1.54, 1.807) is 0 Å². The van der Waals surface area contributed by atoms with E-state index in [9.17, 15) is 5.11 Å². The van der Waals surface area contributed by atoms with E-state index in [4.69, 9.17) is 4.74 Å². The molecule has 0 aromatic carbocycles. The van der Waals surface area contributed by atoms with Crippen LogP contribution in [-0.2, 0) is 4.74 Å². The standard InChI is InChI=1S/C17H30O2/c1-14(2)11-7-9-15(3,19-6)12-8-10-16(4,18)17(12,5)13(11)14/h11-13,18H,7-10H2,1-6H3. The Balaban J connectivity index is 2.09. The predicted molar refractivity (Wildman–Crippen MR) is 76.9 cm³/mol. The van der Waals surface area contributed by atoms with Gasteiger partial charge < -0.3 is 9.84 Å². The molecule has 2 nitrogen and oxygen atoms in total. The average Bonchev–Trinajstić information content (AvgIpc) is 2.81. The molecule has 3 fully saturated rings. The van der Waals surface area contributed by atoms with Gasteiger partial charge in [0.15, 0.2) is 0 Å². The van der Waals surface area contributed by atoms with Gasteiger partial charge in [-0.2, -0.15) is 0 Å². The van der Waals surface area contributed by atoms with E-state index in [0.717, 1.165) is 25.2 Å². The van der Waals surface area contributed by atoms with Crippen molar-refractivity contribution in [3.05, 3.63) is 0 Å². The van der Waals surface area contributed by atoms with Crippen molar-refractivity contribution in [2.24, 2.45) is 28.6 Å². The highest BCUT2D eigenvalue weighted by Gasteiger charge is 2.75. The van der Waals surface area contributed by atoms with Crippen molar-refractivity contribution in [3.8, 4) is 0 Å². The Morgan fingerprint density at radius 1 is 1.00 bits per heavy atom. The molecule has 1 N–H and O–H groups in total. The number of rotatable bonds is 1. The third-order valence-electron chi connectivity index (χ3n) is 7.66. The number of ether oxygens (including phenoxy) is 1. The van der Waals surface area contributed by atoms with Gasteiger partial charge in [-0.25, -0.2) is 0 Å². The second kappa shape index (κ2) is 3.57. The lowest BCUT2D eigenvalue weighted by Crippen LogP contribution is -2.52. The summed E-state index contributed by atoms with van der Waals surface area (Å²) in [6.45, 7) is 11.5. The van der Waals surface area contributed by atoms with E-state index >= 15 is 0 Å². The molecule has 0 heterocycles. The highest BCUT2D eigenvalue weighted by molar-refractivity contribution is 5.24. The van der Waals surface area contributed by atoms with Gasteiger partial charge in [0, 0.05) is 12.5 Å². The second-order valence-electron chi connectivity index (χ2n) is 8.61. The number of hydrogen-bond donors (Lipinski definition) is 1. The van der Waals surface area contributed by atoms with Crippen LogP contribution in [0.15, 0.2) is 0 Å². The predicted octanol–water partition coefficient (Wildman–Crippen LogP) is 3.62. The quantitative estimate of drug-likeness (QED) is 0.785. The molecular weight excluding hydrogens is 236 g/mol. The molecule has 6 atom stereocenters. The Bertz CT molecular complexity index is 400. The molecule has 0 amide bonds.